The summed E-state index contributed by atoms with van der Waals surface area (Å²) in [6.45, 7) is 0. The van der Waals surface area contributed by atoms with Gasteiger partial charge in [-0.25, -0.2) is 0 Å². The molecule has 1 aromatic carbocycles. The third-order valence-electron chi connectivity index (χ3n) is 3.29. The number of benzene rings is 2. The van der Waals surface area contributed by atoms with Crippen LogP contribution in [-0.2, 0) is 5.75 Å². The number of fused-ring (bicyclic) bond motifs is 1. The van der Waals surface area contributed by atoms with E-state index in [-0.39, 0.29) is 0 Å². The van der Waals surface area contributed by atoms with Gasteiger partial charge in [-0.05, 0) is 57.3 Å². The van der Waals surface area contributed by atoms with Crippen LogP contribution in [0.5, 0.6) is 5.75 Å². The number of hydrogen-bond acceptors (Lipinski definition) is 3. The molecule has 27 heavy (non-hydrogen) atoms. The summed E-state index contributed by atoms with van der Waals surface area (Å²) < 4.78 is 45.4. The molecule has 0 saturated carbocycles. The van der Waals surface area contributed by atoms with Gasteiger partial charge in [-0.1, -0.05) is 12.1 Å². The van der Waals surface area contributed by atoms with Crippen molar-refractivity contribution in [3.05, 3.63) is 61.7 Å². The van der Waals surface area contributed by atoms with E-state index in [1.807, 2.05) is 24.3 Å². The first-order valence-corrected chi connectivity index (χ1v) is 10.5. The molecule has 3 rings (SSSR count). The van der Waals surface area contributed by atoms with E-state index in [9.17, 15) is 22.1 Å². The summed E-state index contributed by atoms with van der Waals surface area (Å²) in [4.78, 5) is 11.0. The molecular weight excluding hydrogens is 514 g/mol. The Morgan fingerprint density at radius 1 is 1.11 bits per heavy atom. The first kappa shape index (κ1) is 22.0. The van der Waals surface area contributed by atoms with Crippen molar-refractivity contribution < 1.29 is 26.8 Å². The summed E-state index contributed by atoms with van der Waals surface area (Å²) in [5.41, 5.74) is 3.84. The maximum Gasteiger partial charge on any atom is 0.673 e. The Kier molecular flexibility index (Phi) is 7.98. The fourth-order valence-electron chi connectivity index (χ4n) is 2.13. The minimum absolute atomic E-state index is 0.311. The molecule has 0 fully saturated rings. The third kappa shape index (κ3) is 7.34. The Morgan fingerprint density at radius 3 is 2.33 bits per heavy atom. The molecule has 0 spiro atoms. The molecule has 1 aliphatic heterocycles. The fourth-order valence-corrected chi connectivity index (χ4v) is 5.19. The normalized spacial score (nSPS) is 11.0. The maximum atomic E-state index is 9.77. The number of rotatable bonds is 4. The summed E-state index contributed by atoms with van der Waals surface area (Å²) in [5, 5.41) is 2.13. The standard InChI is InChI=1S/C17H13IO2S2.BF4/c1-20-14-6-2-11(3-7-14)9-21-16-15-8-13(19)5-4-12(15)10-22-17(16)18;2-1(3,4)5/h2-8,10H,9H2,1H3;/q;-1/p+1. The first-order valence-electron chi connectivity index (χ1n) is 7.53. The quantitative estimate of drug-likeness (QED) is 0.136. The lowest BCUT2D eigenvalue weighted by Crippen LogP contribution is -2.02. The predicted octanol–water partition coefficient (Wildman–Crippen LogP) is 6.06. The van der Waals surface area contributed by atoms with Crippen LogP contribution in [0.4, 0.5) is 17.3 Å². The lowest BCUT2D eigenvalue weighted by atomic mass is 10.1. The predicted molar refractivity (Wildman–Crippen MR) is 111 cm³/mol. The van der Waals surface area contributed by atoms with Crippen LogP contribution >= 0.6 is 45.7 Å². The number of halogens is 5. The van der Waals surface area contributed by atoms with Crippen LogP contribution in [0.2, 0.25) is 0 Å². The van der Waals surface area contributed by atoms with E-state index < -0.39 is 7.25 Å². The maximum absolute atomic E-state index is 9.77. The van der Waals surface area contributed by atoms with E-state index in [4.69, 9.17) is 4.74 Å². The van der Waals surface area contributed by atoms with E-state index in [1.165, 1.54) is 18.9 Å². The van der Waals surface area contributed by atoms with Crippen molar-refractivity contribution in [2.45, 2.75) is 10.6 Å². The molecule has 0 aromatic heterocycles. The highest BCUT2D eigenvalue weighted by atomic mass is 127. The Hall–Kier alpha value is -1.27. The van der Waals surface area contributed by atoms with Crippen molar-refractivity contribution in [2.75, 3.05) is 7.11 Å². The lowest BCUT2D eigenvalue weighted by Gasteiger charge is -2.12. The van der Waals surface area contributed by atoms with Gasteiger partial charge in [0, 0.05) is 22.3 Å². The van der Waals surface area contributed by atoms with E-state index in [1.54, 1.807) is 36.3 Å². The molecule has 2 nitrogen and oxygen atoms in total. The summed E-state index contributed by atoms with van der Waals surface area (Å²) in [6.07, 6.45) is 0. The van der Waals surface area contributed by atoms with Gasteiger partial charge in [0.25, 0.3) is 0 Å². The van der Waals surface area contributed by atoms with Crippen molar-refractivity contribution in [2.24, 2.45) is 0 Å². The molecule has 0 atom stereocenters. The average Bonchev–Trinajstić information content (AvgIpc) is 2.60. The van der Waals surface area contributed by atoms with Crippen LogP contribution in [0.15, 0.2) is 52.7 Å². The van der Waals surface area contributed by atoms with E-state index in [2.05, 4.69) is 40.1 Å². The van der Waals surface area contributed by atoms with Crippen molar-refractivity contribution in [1.82, 2.24) is 0 Å². The minimum atomic E-state index is -6.00. The summed E-state index contributed by atoms with van der Waals surface area (Å²) in [5.74, 6) is 1.77. The Morgan fingerprint density at radius 2 is 1.74 bits per heavy atom. The summed E-state index contributed by atoms with van der Waals surface area (Å²) in [6, 6.07) is 13.7. The number of methoxy groups -OCH3 is 1. The van der Waals surface area contributed by atoms with Crippen LogP contribution in [-0.4, -0.2) is 19.2 Å². The van der Waals surface area contributed by atoms with Gasteiger partial charge < -0.3 is 22.0 Å². The molecule has 2 aliphatic rings. The highest BCUT2D eigenvalue weighted by molar-refractivity contribution is 14.1. The number of thioether (sulfide) groups is 1. The zero-order valence-electron chi connectivity index (χ0n) is 14.0. The van der Waals surface area contributed by atoms with Crippen LogP contribution < -0.4 is 10.2 Å². The number of hydrogen-bond donors (Lipinski definition) is 0. The molecule has 1 aliphatic carbocycles. The Balaban J connectivity index is 0.000000465. The van der Waals surface area contributed by atoms with Crippen LogP contribution in [0.25, 0.3) is 11.1 Å². The number of ether oxygens (including phenoxy) is 1. The largest absolute Gasteiger partial charge is 0.673 e. The van der Waals surface area contributed by atoms with E-state index in [0.717, 1.165) is 17.1 Å². The van der Waals surface area contributed by atoms with E-state index in [0.29, 0.717) is 5.43 Å². The van der Waals surface area contributed by atoms with Crippen molar-refractivity contribution in [3.8, 4) is 16.9 Å². The second-order valence-electron chi connectivity index (χ2n) is 5.24. The molecular formula is C17H14BF4IO2S2. The molecule has 1 N–H and O–H groups in total. The average molecular weight is 528 g/mol. The van der Waals surface area contributed by atoms with Gasteiger partial charge in [-0.2, -0.15) is 0 Å². The summed E-state index contributed by atoms with van der Waals surface area (Å²) in [7, 11) is -4.32. The first-order chi connectivity index (χ1) is 12.7. The smallest absolute Gasteiger partial charge is 0.497 e. The summed E-state index contributed by atoms with van der Waals surface area (Å²) >= 11 is 5.91. The van der Waals surface area contributed by atoms with Gasteiger partial charge in [0.2, 0.25) is 0 Å². The molecule has 0 unspecified atom stereocenters. The zero-order valence-corrected chi connectivity index (χ0v) is 17.8. The van der Waals surface area contributed by atoms with Gasteiger partial charge in [0.05, 0.1) is 16.1 Å². The molecule has 0 saturated heterocycles. The second-order valence-corrected chi connectivity index (χ2v) is 8.92. The van der Waals surface area contributed by atoms with E-state index >= 15 is 0 Å². The Labute approximate surface area is 175 Å². The molecule has 0 bridgehead atoms. The Bertz CT molecular complexity index is 910. The minimum Gasteiger partial charge on any atom is -0.497 e. The van der Waals surface area contributed by atoms with Gasteiger partial charge in [-0.3, -0.25) is 4.79 Å². The molecule has 144 valence electrons. The van der Waals surface area contributed by atoms with Gasteiger partial charge >= 0.3 is 12.7 Å². The van der Waals surface area contributed by atoms with Crippen LogP contribution in [0, 0.1) is 2.88 Å². The molecule has 10 heteroatoms. The van der Waals surface area contributed by atoms with Crippen molar-refractivity contribution in [1.29, 1.82) is 0 Å². The van der Waals surface area contributed by atoms with Gasteiger partial charge in [-0.15, -0.1) is 23.1 Å². The second kappa shape index (κ2) is 9.79. The molecule has 0 radical (unpaired) electrons. The third-order valence-corrected chi connectivity index (χ3v) is 7.06. The monoisotopic (exact) mass is 528 g/mol. The van der Waals surface area contributed by atoms with Gasteiger partial charge in [0.15, 0.2) is 0 Å². The van der Waals surface area contributed by atoms with Crippen LogP contribution in [0.3, 0.4) is 0 Å². The fraction of sp³-hybridized carbons (Fsp3) is 0.118. The highest BCUT2D eigenvalue weighted by Crippen LogP contribution is 2.39. The molecule has 1 aromatic rings. The SMILES string of the molecule is COc1ccc(CSc2c3cc(=[OH+])ccc-3csc2I)cc1.F[B-](F)(F)F. The van der Waals surface area contributed by atoms with Gasteiger partial charge in [0.1, 0.15) is 5.75 Å². The molecule has 1 heterocycles. The van der Waals surface area contributed by atoms with Crippen molar-refractivity contribution >= 4 is 52.9 Å². The zero-order chi connectivity index (χ0) is 20.0. The lowest BCUT2D eigenvalue weighted by molar-refractivity contribution is 0.368. The van der Waals surface area contributed by atoms with Crippen LogP contribution in [0.1, 0.15) is 5.56 Å². The van der Waals surface area contributed by atoms with Crippen molar-refractivity contribution in [3.63, 3.8) is 0 Å². The molecule has 0 amide bonds. The highest BCUT2D eigenvalue weighted by Gasteiger charge is 2.20. The topological polar surface area (TPSA) is 30.6 Å².